The van der Waals surface area contributed by atoms with Gasteiger partial charge in [0, 0.05) is 24.3 Å². The number of hydrogen-bond acceptors (Lipinski definition) is 2. The highest BCUT2D eigenvalue weighted by Crippen LogP contribution is 2.34. The van der Waals surface area contributed by atoms with E-state index < -0.39 is 5.60 Å². The first kappa shape index (κ1) is 16.3. The second kappa shape index (κ2) is 6.34. The Labute approximate surface area is 133 Å². The van der Waals surface area contributed by atoms with Crippen LogP contribution in [0.2, 0.25) is 0 Å². The molecule has 1 amide bonds. The van der Waals surface area contributed by atoms with Gasteiger partial charge < -0.3 is 9.64 Å². The lowest BCUT2D eigenvalue weighted by Crippen LogP contribution is -2.35. The normalized spacial score (nSPS) is 22.4. The van der Waals surface area contributed by atoms with Crippen LogP contribution in [0.4, 0.5) is 9.18 Å². The highest BCUT2D eigenvalue weighted by atomic mass is 79.9. The fraction of sp³-hybridized carbons (Fsp3) is 0.562. The van der Waals surface area contributed by atoms with E-state index in [0.29, 0.717) is 13.1 Å². The summed E-state index contributed by atoms with van der Waals surface area (Å²) in [6.45, 7) is 6.75. The third-order valence-corrected chi connectivity index (χ3v) is 4.40. The Morgan fingerprint density at radius 3 is 2.71 bits per heavy atom. The molecule has 1 saturated heterocycles. The topological polar surface area (TPSA) is 29.5 Å². The molecule has 0 aliphatic carbocycles. The van der Waals surface area contributed by atoms with Gasteiger partial charge in [0.2, 0.25) is 0 Å². The molecule has 0 saturated carbocycles. The number of amides is 1. The minimum atomic E-state index is -0.502. The van der Waals surface area contributed by atoms with E-state index in [4.69, 9.17) is 4.74 Å². The maximum atomic E-state index is 13.4. The fourth-order valence-electron chi connectivity index (χ4n) is 2.62. The van der Waals surface area contributed by atoms with Crippen LogP contribution in [0, 0.1) is 11.7 Å². The van der Waals surface area contributed by atoms with Crippen LogP contribution in [-0.4, -0.2) is 35.0 Å². The molecule has 1 aromatic carbocycles. The molecule has 1 heterocycles. The summed E-state index contributed by atoms with van der Waals surface area (Å²) < 4.78 is 18.8. The van der Waals surface area contributed by atoms with Crippen molar-refractivity contribution < 1.29 is 13.9 Å². The van der Waals surface area contributed by atoms with Gasteiger partial charge in [-0.05, 0) is 44.4 Å². The zero-order chi connectivity index (χ0) is 15.6. The van der Waals surface area contributed by atoms with Crippen LogP contribution in [0.3, 0.4) is 0 Å². The molecule has 5 heteroatoms. The number of hydrogen-bond donors (Lipinski definition) is 0. The first-order chi connectivity index (χ1) is 9.80. The predicted octanol–water partition coefficient (Wildman–Crippen LogP) is 4.17. The molecule has 2 rings (SSSR count). The number of ether oxygens (including phenoxy) is 1. The zero-order valence-corrected chi connectivity index (χ0v) is 14.2. The molecule has 0 bridgehead atoms. The number of benzene rings is 1. The van der Waals surface area contributed by atoms with E-state index in [2.05, 4.69) is 15.9 Å². The number of halogens is 2. The predicted molar refractivity (Wildman–Crippen MR) is 84.2 cm³/mol. The Morgan fingerprint density at radius 1 is 1.43 bits per heavy atom. The summed E-state index contributed by atoms with van der Waals surface area (Å²) in [5.74, 6) is 0.156. The zero-order valence-electron chi connectivity index (χ0n) is 12.6. The Bertz CT molecular complexity index is 515. The third-order valence-electron chi connectivity index (χ3n) is 3.57. The Morgan fingerprint density at radius 2 is 2.14 bits per heavy atom. The molecule has 2 atom stereocenters. The number of rotatable bonds is 2. The van der Waals surface area contributed by atoms with E-state index in [9.17, 15) is 9.18 Å². The summed E-state index contributed by atoms with van der Waals surface area (Å²) in [4.78, 5) is 13.9. The maximum absolute atomic E-state index is 13.4. The SMILES string of the molecule is CC(C)(C)OC(=O)N1C[C@H](CBr)[C@@H](c2cccc(F)c2)C1. The van der Waals surface area contributed by atoms with Gasteiger partial charge in [-0.3, -0.25) is 0 Å². The van der Waals surface area contributed by atoms with Crippen LogP contribution in [0.1, 0.15) is 32.3 Å². The van der Waals surface area contributed by atoms with Crippen LogP contribution in [0.5, 0.6) is 0 Å². The van der Waals surface area contributed by atoms with Gasteiger partial charge in [0.1, 0.15) is 11.4 Å². The second-order valence-electron chi connectivity index (χ2n) is 6.46. The molecular formula is C16H21BrFNO2. The summed E-state index contributed by atoms with van der Waals surface area (Å²) in [6, 6.07) is 6.63. The Hall–Kier alpha value is -1.10. The molecule has 0 radical (unpaired) electrons. The van der Waals surface area contributed by atoms with Crippen molar-refractivity contribution in [2.24, 2.45) is 5.92 Å². The van der Waals surface area contributed by atoms with Crippen LogP contribution in [0.25, 0.3) is 0 Å². The van der Waals surface area contributed by atoms with Crippen LogP contribution in [-0.2, 0) is 4.74 Å². The van der Waals surface area contributed by atoms with Crippen LogP contribution in [0.15, 0.2) is 24.3 Å². The van der Waals surface area contributed by atoms with Gasteiger partial charge in [-0.25, -0.2) is 9.18 Å². The van der Waals surface area contributed by atoms with Crippen molar-refractivity contribution in [2.45, 2.75) is 32.3 Å². The van der Waals surface area contributed by atoms with Crippen LogP contribution >= 0.6 is 15.9 Å². The van der Waals surface area contributed by atoms with E-state index in [0.717, 1.165) is 10.9 Å². The first-order valence-electron chi connectivity index (χ1n) is 7.09. The van der Waals surface area contributed by atoms with E-state index in [1.54, 1.807) is 17.0 Å². The highest BCUT2D eigenvalue weighted by Gasteiger charge is 2.37. The molecule has 1 aliphatic rings. The lowest BCUT2D eigenvalue weighted by molar-refractivity contribution is 0.0288. The van der Waals surface area contributed by atoms with Gasteiger partial charge in [0.15, 0.2) is 0 Å². The molecular weight excluding hydrogens is 337 g/mol. The lowest BCUT2D eigenvalue weighted by atomic mass is 9.90. The number of likely N-dealkylation sites (tertiary alicyclic amines) is 1. The second-order valence-corrected chi connectivity index (χ2v) is 7.11. The summed E-state index contributed by atoms with van der Waals surface area (Å²) in [6.07, 6.45) is -0.299. The van der Waals surface area contributed by atoms with Gasteiger partial charge in [-0.15, -0.1) is 0 Å². The smallest absolute Gasteiger partial charge is 0.410 e. The number of carbonyl (C=O) groups excluding carboxylic acids is 1. The van der Waals surface area contributed by atoms with E-state index >= 15 is 0 Å². The summed E-state index contributed by atoms with van der Waals surface area (Å²) in [5.41, 5.74) is 0.434. The molecule has 0 unspecified atom stereocenters. The molecule has 1 aromatic rings. The molecule has 1 aliphatic heterocycles. The minimum absolute atomic E-state index is 0.132. The van der Waals surface area contributed by atoms with Crippen LogP contribution < -0.4 is 0 Å². The van der Waals surface area contributed by atoms with E-state index in [-0.39, 0.29) is 23.7 Å². The largest absolute Gasteiger partial charge is 0.444 e. The van der Waals surface area contributed by atoms with Crippen molar-refractivity contribution in [3.63, 3.8) is 0 Å². The van der Waals surface area contributed by atoms with Gasteiger partial charge in [0.05, 0.1) is 0 Å². The molecule has 3 nitrogen and oxygen atoms in total. The van der Waals surface area contributed by atoms with Gasteiger partial charge in [0.25, 0.3) is 0 Å². The van der Waals surface area contributed by atoms with Gasteiger partial charge >= 0.3 is 6.09 Å². The molecule has 21 heavy (non-hydrogen) atoms. The number of alkyl halides is 1. The van der Waals surface area contributed by atoms with Crippen molar-refractivity contribution in [2.75, 3.05) is 18.4 Å². The monoisotopic (exact) mass is 357 g/mol. The summed E-state index contributed by atoms with van der Waals surface area (Å²) >= 11 is 3.50. The van der Waals surface area contributed by atoms with Crippen molar-refractivity contribution >= 4 is 22.0 Å². The number of carbonyl (C=O) groups is 1. The summed E-state index contributed by atoms with van der Waals surface area (Å²) in [7, 11) is 0. The van der Waals surface area contributed by atoms with Crippen molar-refractivity contribution in [1.29, 1.82) is 0 Å². The van der Waals surface area contributed by atoms with Gasteiger partial charge in [-0.1, -0.05) is 28.1 Å². The maximum Gasteiger partial charge on any atom is 0.410 e. The van der Waals surface area contributed by atoms with E-state index in [1.807, 2.05) is 26.8 Å². The Balaban J connectivity index is 2.12. The molecule has 1 fully saturated rings. The Kier molecular flexibility index (Phi) is 4.91. The standard InChI is InChI=1S/C16H21BrFNO2/c1-16(2,3)21-15(20)19-9-12(8-17)14(10-19)11-5-4-6-13(18)7-11/h4-7,12,14H,8-10H2,1-3H3/t12-,14+/m0/s1. The first-order valence-corrected chi connectivity index (χ1v) is 8.21. The fourth-order valence-corrected chi connectivity index (χ4v) is 3.27. The third kappa shape index (κ3) is 4.19. The van der Waals surface area contributed by atoms with Crippen molar-refractivity contribution in [1.82, 2.24) is 4.90 Å². The molecule has 116 valence electrons. The molecule has 0 aromatic heterocycles. The van der Waals surface area contributed by atoms with Crippen molar-refractivity contribution in [3.8, 4) is 0 Å². The average Bonchev–Trinajstić information content (AvgIpc) is 2.81. The lowest BCUT2D eigenvalue weighted by Gasteiger charge is -2.24. The molecule has 0 spiro atoms. The minimum Gasteiger partial charge on any atom is -0.444 e. The molecule has 0 N–H and O–H groups in total. The van der Waals surface area contributed by atoms with E-state index in [1.165, 1.54) is 6.07 Å². The highest BCUT2D eigenvalue weighted by molar-refractivity contribution is 9.09. The quantitative estimate of drug-likeness (QED) is 0.743. The number of nitrogens with zero attached hydrogens (tertiary/aromatic N) is 1. The van der Waals surface area contributed by atoms with Gasteiger partial charge in [-0.2, -0.15) is 0 Å². The van der Waals surface area contributed by atoms with Crippen molar-refractivity contribution in [3.05, 3.63) is 35.6 Å². The summed E-state index contributed by atoms with van der Waals surface area (Å²) in [5, 5.41) is 0.771. The average molecular weight is 358 g/mol.